The van der Waals surface area contributed by atoms with Crippen LogP contribution >= 0.6 is 0 Å². The lowest BCUT2D eigenvalue weighted by Crippen LogP contribution is -2.45. The summed E-state index contributed by atoms with van der Waals surface area (Å²) < 4.78 is 24.1. The zero-order valence-electron chi connectivity index (χ0n) is 32.3. The number of nitrogens with one attached hydrogen (secondary N) is 8. The lowest BCUT2D eigenvalue weighted by molar-refractivity contribution is -0.130. The second-order valence-corrected chi connectivity index (χ2v) is 13.1. The van der Waals surface area contributed by atoms with Gasteiger partial charge in [-0.3, -0.25) is 0 Å². The predicted molar refractivity (Wildman–Crippen MR) is 209 cm³/mol. The average Bonchev–Trinajstić information content (AvgIpc) is 3.14. The monoisotopic (exact) mass is 773 g/mol. The molecule has 0 aromatic heterocycles. The van der Waals surface area contributed by atoms with E-state index in [9.17, 15) is 20.4 Å². The van der Waals surface area contributed by atoms with E-state index in [2.05, 4.69) is 42.5 Å². The van der Waals surface area contributed by atoms with Crippen LogP contribution in [0.4, 0.5) is 0 Å². The topological polar surface area (TPSA) is 318 Å². The molecule has 0 rings (SSSR count). The van der Waals surface area contributed by atoms with E-state index >= 15 is 0 Å². The summed E-state index contributed by atoms with van der Waals surface area (Å²) in [6.45, 7) is 12.6. The first-order valence-electron chi connectivity index (χ1n) is 19.3. The molecule has 0 aliphatic heterocycles. The van der Waals surface area contributed by atoms with Gasteiger partial charge in [-0.1, -0.05) is 0 Å². The Hall–Kier alpha value is -0.800. The molecule has 0 aliphatic carbocycles. The number of nitrogens with two attached hydrogens (primary N) is 4. The van der Waals surface area contributed by atoms with E-state index in [4.69, 9.17) is 41.9 Å². The fraction of sp³-hybridized carbons (Fsp3) is 1.00. The van der Waals surface area contributed by atoms with Crippen LogP contribution in [0.2, 0.25) is 0 Å². The summed E-state index contributed by atoms with van der Waals surface area (Å²) >= 11 is 0. The van der Waals surface area contributed by atoms with Gasteiger partial charge < -0.3 is 105 Å². The van der Waals surface area contributed by atoms with Gasteiger partial charge in [-0.15, -0.1) is 0 Å². The molecule has 0 amide bonds. The molecule has 0 radical (unpaired) electrons. The summed E-state index contributed by atoms with van der Waals surface area (Å²) in [5.74, 6) is 0. The van der Waals surface area contributed by atoms with Gasteiger partial charge in [0.15, 0.2) is 0 Å². The van der Waals surface area contributed by atoms with E-state index in [0.717, 1.165) is 52.4 Å². The van der Waals surface area contributed by atoms with Crippen molar-refractivity contribution in [3.05, 3.63) is 0 Å². The van der Waals surface area contributed by atoms with Crippen molar-refractivity contribution in [1.29, 1.82) is 0 Å². The van der Waals surface area contributed by atoms with E-state index < -0.39 is 29.8 Å². The van der Waals surface area contributed by atoms with Crippen LogP contribution in [-0.2, 0) is 18.9 Å². The van der Waals surface area contributed by atoms with Gasteiger partial charge in [-0.25, -0.2) is 0 Å². The Labute approximate surface area is 318 Å². The number of aliphatic hydroxyl groups is 4. The van der Waals surface area contributed by atoms with Crippen LogP contribution < -0.4 is 65.5 Å². The molecule has 20 nitrogen and oxygen atoms in total. The Morgan fingerprint density at radius 1 is 0.340 bits per heavy atom. The van der Waals surface area contributed by atoms with E-state index in [0.29, 0.717) is 78.5 Å². The maximum atomic E-state index is 10.6. The van der Waals surface area contributed by atoms with Crippen LogP contribution in [0.15, 0.2) is 0 Å². The maximum Gasteiger partial charge on any atom is 0.0897 e. The quantitative estimate of drug-likeness (QED) is 0.0256. The van der Waals surface area contributed by atoms with Crippen molar-refractivity contribution < 1.29 is 39.4 Å². The van der Waals surface area contributed by atoms with Crippen molar-refractivity contribution in [2.45, 2.75) is 24.4 Å². The number of hydrogen-bond donors (Lipinski definition) is 16. The third-order valence-electron chi connectivity index (χ3n) is 7.59. The normalized spacial score (nSPS) is 15.4. The molecule has 0 bridgehead atoms. The Morgan fingerprint density at radius 3 is 0.755 bits per heavy atom. The van der Waals surface area contributed by atoms with Crippen molar-refractivity contribution >= 4 is 0 Å². The number of ether oxygens (including phenoxy) is 4. The molecule has 20 heteroatoms. The molecule has 0 fully saturated rings. The second-order valence-electron chi connectivity index (χ2n) is 13.1. The average molecular weight is 773 g/mol. The van der Waals surface area contributed by atoms with Gasteiger partial charge in [0.1, 0.15) is 0 Å². The highest BCUT2D eigenvalue weighted by Gasteiger charge is 2.34. The highest BCUT2D eigenvalue weighted by atomic mass is 16.5. The zero-order valence-corrected chi connectivity index (χ0v) is 32.3. The fourth-order valence-corrected chi connectivity index (χ4v) is 4.82. The largest absolute Gasteiger partial charge is 0.389 e. The van der Waals surface area contributed by atoms with Gasteiger partial charge in [0.25, 0.3) is 0 Å². The highest BCUT2D eigenvalue weighted by Crippen LogP contribution is 2.21. The molecule has 320 valence electrons. The number of aliphatic hydroxyl groups excluding tert-OH is 4. The molecule has 0 spiro atoms. The molecule has 4 unspecified atom stereocenters. The summed E-state index contributed by atoms with van der Waals surface area (Å²) in [6, 6.07) is 0. The SMILES string of the molecule is NCCNCCNCC(O)COCC(COCC(O)CNCCNCCN)(COCC(O)CNCCNCCN)COCC(O)CNCCNCCN. The van der Waals surface area contributed by atoms with Gasteiger partial charge in [-0.2, -0.15) is 0 Å². The Bertz CT molecular complexity index is 630. The molecular weight excluding hydrogens is 692 g/mol. The fourth-order valence-electron chi connectivity index (χ4n) is 4.82. The zero-order chi connectivity index (χ0) is 39.1. The maximum absolute atomic E-state index is 10.6. The summed E-state index contributed by atoms with van der Waals surface area (Å²) in [6.07, 6.45) is -3.07. The molecule has 0 aromatic rings. The van der Waals surface area contributed by atoms with E-state index in [1.54, 1.807) is 0 Å². The van der Waals surface area contributed by atoms with Crippen LogP contribution in [0, 0.1) is 5.41 Å². The first kappa shape index (κ1) is 52.2. The highest BCUT2D eigenvalue weighted by molar-refractivity contribution is 4.81. The Kier molecular flexibility index (Phi) is 38.8. The van der Waals surface area contributed by atoms with Crippen molar-refractivity contribution in [3.8, 4) is 0 Å². The van der Waals surface area contributed by atoms with Gasteiger partial charge in [0, 0.05) is 131 Å². The molecule has 0 saturated heterocycles. The van der Waals surface area contributed by atoms with Gasteiger partial charge in [0.2, 0.25) is 0 Å². The number of hydrogen-bond acceptors (Lipinski definition) is 20. The second kappa shape index (κ2) is 39.4. The summed E-state index contributed by atoms with van der Waals surface area (Å²) in [4.78, 5) is 0. The third-order valence-corrected chi connectivity index (χ3v) is 7.59. The van der Waals surface area contributed by atoms with Crippen LogP contribution in [0.25, 0.3) is 0 Å². The van der Waals surface area contributed by atoms with Crippen molar-refractivity contribution in [2.24, 2.45) is 28.3 Å². The molecule has 53 heavy (non-hydrogen) atoms. The molecule has 20 N–H and O–H groups in total. The molecule has 0 aromatic carbocycles. The first-order chi connectivity index (χ1) is 25.8. The van der Waals surface area contributed by atoms with E-state index in [-0.39, 0.29) is 52.9 Å². The lowest BCUT2D eigenvalue weighted by atomic mass is 9.92. The van der Waals surface area contributed by atoms with Crippen molar-refractivity contribution in [2.75, 3.05) is 184 Å². The lowest BCUT2D eigenvalue weighted by Gasteiger charge is -2.34. The van der Waals surface area contributed by atoms with Gasteiger partial charge in [-0.05, 0) is 0 Å². The Balaban J connectivity index is 5.36. The van der Waals surface area contributed by atoms with Crippen LogP contribution in [-0.4, -0.2) is 229 Å². The summed E-state index contributed by atoms with van der Waals surface area (Å²) in [7, 11) is 0. The molecule has 0 heterocycles. The summed E-state index contributed by atoms with van der Waals surface area (Å²) in [5, 5.41) is 67.8. The Morgan fingerprint density at radius 2 is 0.547 bits per heavy atom. The van der Waals surface area contributed by atoms with Crippen molar-refractivity contribution in [3.63, 3.8) is 0 Å². The summed E-state index contributed by atoms with van der Waals surface area (Å²) in [5.41, 5.74) is 21.1. The van der Waals surface area contributed by atoms with E-state index in [1.165, 1.54) is 0 Å². The van der Waals surface area contributed by atoms with Crippen LogP contribution in [0.3, 0.4) is 0 Å². The smallest absolute Gasteiger partial charge is 0.0897 e. The third kappa shape index (κ3) is 35.4. The number of rotatable bonds is 44. The predicted octanol–water partition coefficient (Wildman–Crippen LogP) is -7.97. The minimum absolute atomic E-state index is 0.0468. The molecule has 4 atom stereocenters. The molecule has 0 saturated carbocycles. The van der Waals surface area contributed by atoms with Gasteiger partial charge >= 0.3 is 0 Å². The van der Waals surface area contributed by atoms with E-state index in [1.807, 2.05) is 0 Å². The minimum Gasteiger partial charge on any atom is -0.389 e. The molecule has 0 aliphatic rings. The molecular formula is C33H80N12O8. The standard InChI is InChI=1S/C33H80N12O8/c34-1-5-38-9-13-42-17-29(46)21-50-25-33(26-51-22-30(47)18-43-14-10-39-6-2-35,27-52-23-31(48)19-44-15-11-40-7-3-36)28-53-24-32(49)20-45-16-12-41-8-4-37/h29-32,38-49H,1-28,34-37H2. The minimum atomic E-state index is -0.892. The first-order valence-corrected chi connectivity index (χ1v) is 19.3. The van der Waals surface area contributed by atoms with Crippen LogP contribution in [0.5, 0.6) is 0 Å². The van der Waals surface area contributed by atoms with Crippen LogP contribution in [0.1, 0.15) is 0 Å². The van der Waals surface area contributed by atoms with Crippen molar-refractivity contribution in [1.82, 2.24) is 42.5 Å². The van der Waals surface area contributed by atoms with Gasteiger partial charge in [0.05, 0.1) is 82.7 Å².